The summed E-state index contributed by atoms with van der Waals surface area (Å²) in [6.07, 6.45) is 5.51. The highest BCUT2D eigenvalue weighted by Gasteiger charge is 2.32. The van der Waals surface area contributed by atoms with Gasteiger partial charge in [-0.3, -0.25) is 4.98 Å². The van der Waals surface area contributed by atoms with Gasteiger partial charge in [0.15, 0.2) is 0 Å². The molecule has 1 saturated heterocycles. The van der Waals surface area contributed by atoms with Crippen LogP contribution in [0.5, 0.6) is 0 Å². The molecule has 0 radical (unpaired) electrons. The summed E-state index contributed by atoms with van der Waals surface area (Å²) < 4.78 is 0. The van der Waals surface area contributed by atoms with Crippen LogP contribution in [0.3, 0.4) is 0 Å². The molecule has 2 heterocycles. The van der Waals surface area contributed by atoms with Gasteiger partial charge in [-0.05, 0) is 44.0 Å². The van der Waals surface area contributed by atoms with Crippen molar-refractivity contribution < 1.29 is 0 Å². The van der Waals surface area contributed by atoms with Gasteiger partial charge in [-0.2, -0.15) is 0 Å². The second-order valence-corrected chi connectivity index (χ2v) is 5.59. The van der Waals surface area contributed by atoms with Crippen molar-refractivity contribution in [1.82, 2.24) is 15.2 Å². The summed E-state index contributed by atoms with van der Waals surface area (Å²) in [5, 5.41) is 3.50. The van der Waals surface area contributed by atoms with Crippen molar-refractivity contribution in [2.45, 2.75) is 26.2 Å². The lowest BCUT2D eigenvalue weighted by Gasteiger charge is -2.32. The third kappa shape index (κ3) is 3.53. The first-order valence-electron chi connectivity index (χ1n) is 7.03. The van der Waals surface area contributed by atoms with Gasteiger partial charge in [-0.15, -0.1) is 0 Å². The molecule has 1 N–H and O–H groups in total. The summed E-state index contributed by atoms with van der Waals surface area (Å²) in [5.41, 5.74) is 1.69. The van der Waals surface area contributed by atoms with Crippen molar-refractivity contribution in [1.29, 1.82) is 0 Å². The van der Waals surface area contributed by atoms with Gasteiger partial charge in [0.2, 0.25) is 0 Å². The molecule has 0 aromatic carbocycles. The predicted octanol–water partition coefficient (Wildman–Crippen LogP) is 1.95. The van der Waals surface area contributed by atoms with Gasteiger partial charge in [-0.1, -0.05) is 13.0 Å². The average molecular weight is 247 g/mol. The first-order valence-corrected chi connectivity index (χ1v) is 7.03. The van der Waals surface area contributed by atoms with Gasteiger partial charge in [-0.25, -0.2) is 0 Å². The van der Waals surface area contributed by atoms with Gasteiger partial charge in [0.25, 0.3) is 0 Å². The van der Waals surface area contributed by atoms with Gasteiger partial charge in [0, 0.05) is 37.9 Å². The van der Waals surface area contributed by atoms with E-state index in [1.165, 1.54) is 38.2 Å². The lowest BCUT2D eigenvalue weighted by Crippen LogP contribution is -2.37. The molecule has 3 heteroatoms. The van der Waals surface area contributed by atoms with Crippen LogP contribution in [0.4, 0.5) is 0 Å². The number of hydrogen-bond donors (Lipinski definition) is 1. The monoisotopic (exact) mass is 247 g/mol. The minimum atomic E-state index is 0.499. The molecule has 0 amide bonds. The predicted molar refractivity (Wildman–Crippen MR) is 75.6 cm³/mol. The van der Waals surface area contributed by atoms with Crippen LogP contribution in [0.2, 0.25) is 0 Å². The minimum Gasteiger partial charge on any atom is -0.316 e. The molecule has 100 valence electrons. The van der Waals surface area contributed by atoms with Crippen LogP contribution in [-0.2, 0) is 6.42 Å². The van der Waals surface area contributed by atoms with Crippen LogP contribution < -0.4 is 5.32 Å². The van der Waals surface area contributed by atoms with Gasteiger partial charge >= 0.3 is 0 Å². The molecule has 1 aromatic heterocycles. The van der Waals surface area contributed by atoms with E-state index in [2.05, 4.69) is 41.3 Å². The smallest absolute Gasteiger partial charge is 0.0416 e. The molecule has 0 saturated carbocycles. The number of pyridine rings is 1. The Morgan fingerprint density at radius 3 is 2.94 bits per heavy atom. The molecule has 2 rings (SSSR count). The van der Waals surface area contributed by atoms with E-state index in [0.717, 1.165) is 13.0 Å². The summed E-state index contributed by atoms with van der Waals surface area (Å²) >= 11 is 0. The van der Waals surface area contributed by atoms with E-state index in [1.807, 2.05) is 12.3 Å². The molecule has 0 aliphatic carbocycles. The molecule has 1 unspecified atom stereocenters. The number of likely N-dealkylation sites (N-methyl/N-ethyl adjacent to an activating group) is 1. The summed E-state index contributed by atoms with van der Waals surface area (Å²) in [6, 6.07) is 6.15. The molecular weight excluding hydrogens is 222 g/mol. The summed E-state index contributed by atoms with van der Waals surface area (Å²) in [4.78, 5) is 6.84. The highest BCUT2D eigenvalue weighted by atomic mass is 15.1. The second-order valence-electron chi connectivity index (χ2n) is 5.59. The second kappa shape index (κ2) is 6.30. The Hall–Kier alpha value is -0.930. The third-order valence-electron chi connectivity index (χ3n) is 4.16. The fourth-order valence-corrected chi connectivity index (χ4v) is 2.85. The van der Waals surface area contributed by atoms with Crippen LogP contribution in [-0.4, -0.2) is 43.1 Å². The number of hydrogen-bond acceptors (Lipinski definition) is 3. The summed E-state index contributed by atoms with van der Waals surface area (Å²) in [7, 11) is 2.23. The van der Waals surface area contributed by atoms with Crippen LogP contribution in [0.15, 0.2) is 24.4 Å². The van der Waals surface area contributed by atoms with Gasteiger partial charge < -0.3 is 10.2 Å². The van der Waals surface area contributed by atoms with E-state index in [4.69, 9.17) is 0 Å². The van der Waals surface area contributed by atoms with Crippen molar-refractivity contribution in [2.75, 3.05) is 33.2 Å². The lowest BCUT2D eigenvalue weighted by atomic mass is 9.84. The molecular formula is C15H25N3. The fraction of sp³-hybridized carbons (Fsp3) is 0.667. The van der Waals surface area contributed by atoms with E-state index < -0.39 is 0 Å². The molecule has 1 aliphatic rings. The largest absolute Gasteiger partial charge is 0.316 e. The SMILES string of the molecule is CCC1(CN(C)CCc2ccccn2)CCNC1. The molecule has 1 atom stereocenters. The average Bonchev–Trinajstić information content (AvgIpc) is 2.87. The van der Waals surface area contributed by atoms with Gasteiger partial charge in [0.1, 0.15) is 0 Å². The van der Waals surface area contributed by atoms with Crippen LogP contribution >= 0.6 is 0 Å². The number of nitrogens with zero attached hydrogens (tertiary/aromatic N) is 2. The first kappa shape index (κ1) is 13.5. The Morgan fingerprint density at radius 1 is 1.44 bits per heavy atom. The summed E-state index contributed by atoms with van der Waals surface area (Å²) in [6.45, 7) is 6.97. The Balaban J connectivity index is 1.79. The van der Waals surface area contributed by atoms with Crippen molar-refractivity contribution in [3.63, 3.8) is 0 Å². The van der Waals surface area contributed by atoms with Crippen LogP contribution in [0.1, 0.15) is 25.5 Å². The number of rotatable bonds is 6. The zero-order valence-corrected chi connectivity index (χ0v) is 11.7. The maximum atomic E-state index is 4.38. The topological polar surface area (TPSA) is 28.2 Å². The Morgan fingerprint density at radius 2 is 2.33 bits per heavy atom. The highest BCUT2D eigenvalue weighted by Crippen LogP contribution is 2.29. The maximum absolute atomic E-state index is 4.38. The molecule has 18 heavy (non-hydrogen) atoms. The molecule has 1 fully saturated rings. The zero-order valence-electron chi connectivity index (χ0n) is 11.7. The molecule has 1 aliphatic heterocycles. The van der Waals surface area contributed by atoms with Crippen molar-refractivity contribution in [2.24, 2.45) is 5.41 Å². The van der Waals surface area contributed by atoms with Crippen molar-refractivity contribution in [3.8, 4) is 0 Å². The van der Waals surface area contributed by atoms with E-state index >= 15 is 0 Å². The first-order chi connectivity index (χ1) is 8.74. The van der Waals surface area contributed by atoms with E-state index in [1.54, 1.807) is 0 Å². The highest BCUT2D eigenvalue weighted by molar-refractivity contribution is 5.03. The lowest BCUT2D eigenvalue weighted by molar-refractivity contribution is 0.186. The quantitative estimate of drug-likeness (QED) is 0.833. The normalized spacial score (nSPS) is 23.7. The van der Waals surface area contributed by atoms with Crippen molar-refractivity contribution in [3.05, 3.63) is 30.1 Å². The van der Waals surface area contributed by atoms with Crippen LogP contribution in [0.25, 0.3) is 0 Å². The van der Waals surface area contributed by atoms with Crippen LogP contribution in [0, 0.1) is 5.41 Å². The van der Waals surface area contributed by atoms with Crippen molar-refractivity contribution >= 4 is 0 Å². The molecule has 0 bridgehead atoms. The molecule has 3 nitrogen and oxygen atoms in total. The Kier molecular flexibility index (Phi) is 4.72. The van der Waals surface area contributed by atoms with E-state index in [-0.39, 0.29) is 0 Å². The molecule has 0 spiro atoms. The fourth-order valence-electron chi connectivity index (χ4n) is 2.85. The van der Waals surface area contributed by atoms with E-state index in [9.17, 15) is 0 Å². The zero-order chi connectivity index (χ0) is 12.8. The molecule has 1 aromatic rings. The maximum Gasteiger partial charge on any atom is 0.0416 e. The minimum absolute atomic E-state index is 0.499. The number of nitrogens with one attached hydrogen (secondary N) is 1. The van der Waals surface area contributed by atoms with E-state index in [0.29, 0.717) is 5.41 Å². The third-order valence-corrected chi connectivity index (χ3v) is 4.16. The Bertz CT molecular complexity index is 344. The standard InChI is InChI=1S/C15H25N3/c1-3-15(8-10-16-12-15)13-18(2)11-7-14-6-4-5-9-17-14/h4-6,9,16H,3,7-8,10-13H2,1-2H3. The van der Waals surface area contributed by atoms with Gasteiger partial charge in [0.05, 0.1) is 0 Å². The summed E-state index contributed by atoms with van der Waals surface area (Å²) in [5.74, 6) is 0. The number of aromatic nitrogens is 1. The Labute approximate surface area is 111 Å².